The molecule has 0 unspecified atom stereocenters. The van der Waals surface area contributed by atoms with Crippen LogP contribution < -0.4 is 9.47 Å². The Balaban J connectivity index is 1.65. The Kier molecular flexibility index (Phi) is 6.95. The van der Waals surface area contributed by atoms with E-state index in [9.17, 15) is 14.9 Å². The van der Waals surface area contributed by atoms with E-state index in [1.165, 1.54) is 15.9 Å². The van der Waals surface area contributed by atoms with Crippen molar-refractivity contribution < 1.29 is 19.2 Å². The lowest BCUT2D eigenvalue weighted by Gasteiger charge is -2.30. The number of ether oxygens (including phenoxy) is 2. The second-order valence-corrected chi connectivity index (χ2v) is 9.21. The van der Waals surface area contributed by atoms with Gasteiger partial charge in [-0.3, -0.25) is 19.6 Å². The van der Waals surface area contributed by atoms with E-state index >= 15 is 0 Å². The van der Waals surface area contributed by atoms with Gasteiger partial charge in [-0.15, -0.1) is 0 Å². The van der Waals surface area contributed by atoms with Gasteiger partial charge in [0.2, 0.25) is 5.69 Å². The predicted molar refractivity (Wildman–Crippen MR) is 142 cm³/mol. The SMILES string of the molecule is CCn1cc([N+](=O)[O-])c(C(=O)N2N=C3/C(=C/c4ccccc4OC)CCC[C@@H]3[C@@H]2c2ccccc2OC)n1. The van der Waals surface area contributed by atoms with Crippen molar-refractivity contribution >= 4 is 23.4 Å². The molecule has 0 spiro atoms. The van der Waals surface area contributed by atoms with Crippen LogP contribution in [0.25, 0.3) is 6.08 Å². The fraction of sp³-hybridized carbons (Fsp3) is 0.321. The number of para-hydroxylation sites is 2. The van der Waals surface area contributed by atoms with E-state index in [0.717, 1.165) is 47.4 Å². The number of amides is 1. The zero-order valence-electron chi connectivity index (χ0n) is 21.5. The van der Waals surface area contributed by atoms with Crippen LogP contribution in [0.1, 0.15) is 53.8 Å². The molecule has 196 valence electrons. The van der Waals surface area contributed by atoms with E-state index in [2.05, 4.69) is 11.2 Å². The Labute approximate surface area is 220 Å². The first kappa shape index (κ1) is 25.2. The lowest BCUT2D eigenvalue weighted by atomic mass is 9.77. The van der Waals surface area contributed by atoms with E-state index in [1.807, 2.05) is 55.5 Å². The monoisotopic (exact) mass is 515 g/mol. The average molecular weight is 516 g/mol. The van der Waals surface area contributed by atoms with Crippen LogP contribution >= 0.6 is 0 Å². The summed E-state index contributed by atoms with van der Waals surface area (Å²) in [6, 6.07) is 14.8. The van der Waals surface area contributed by atoms with Crippen molar-refractivity contribution in [3.8, 4) is 11.5 Å². The number of benzene rings is 2. The normalized spacial score (nSPS) is 19.7. The van der Waals surface area contributed by atoms with Crippen LogP contribution in [-0.2, 0) is 6.54 Å². The predicted octanol–water partition coefficient (Wildman–Crippen LogP) is 5.27. The highest BCUT2D eigenvalue weighted by molar-refractivity contribution is 6.09. The van der Waals surface area contributed by atoms with Gasteiger partial charge in [-0.1, -0.05) is 36.4 Å². The first-order chi connectivity index (χ1) is 18.5. The summed E-state index contributed by atoms with van der Waals surface area (Å²) < 4.78 is 12.6. The van der Waals surface area contributed by atoms with E-state index in [0.29, 0.717) is 12.3 Å². The third-order valence-electron chi connectivity index (χ3n) is 7.10. The van der Waals surface area contributed by atoms with Gasteiger partial charge in [0.25, 0.3) is 0 Å². The molecule has 2 aliphatic rings. The van der Waals surface area contributed by atoms with E-state index < -0.39 is 16.9 Å². The van der Waals surface area contributed by atoms with Gasteiger partial charge in [0, 0.05) is 23.6 Å². The van der Waals surface area contributed by atoms with Gasteiger partial charge in [-0.05, 0) is 50.0 Å². The summed E-state index contributed by atoms with van der Waals surface area (Å²) in [6.45, 7) is 2.20. The number of carbonyl (C=O) groups is 1. The third kappa shape index (κ3) is 4.42. The molecule has 1 aromatic heterocycles. The van der Waals surface area contributed by atoms with Crippen LogP contribution in [0.2, 0.25) is 0 Å². The number of hydrogen-bond acceptors (Lipinski definition) is 7. The van der Waals surface area contributed by atoms with Crippen LogP contribution in [0.5, 0.6) is 11.5 Å². The highest BCUT2D eigenvalue weighted by atomic mass is 16.6. The van der Waals surface area contributed by atoms with Gasteiger partial charge in [0.1, 0.15) is 17.7 Å². The van der Waals surface area contributed by atoms with Crippen molar-refractivity contribution in [2.75, 3.05) is 14.2 Å². The summed E-state index contributed by atoms with van der Waals surface area (Å²) in [5.74, 6) is 0.646. The Morgan fingerprint density at radius 1 is 1.13 bits per heavy atom. The summed E-state index contributed by atoms with van der Waals surface area (Å²) in [6.07, 6.45) is 5.85. The molecule has 1 amide bonds. The molecule has 0 bridgehead atoms. The molecule has 2 atom stereocenters. The molecule has 0 radical (unpaired) electrons. The standard InChI is InChI=1S/C28H29N5O5/c1-4-31-17-22(33(35)36)26(29-31)28(34)32-27(20-12-6-8-15-24(20)38-3)21-13-9-11-19(25(21)30-32)16-18-10-5-7-14-23(18)37-2/h5-8,10,12,14-17,21,27H,4,9,11,13H2,1-3H3/b19-16+/t21-,27-/m0/s1. The van der Waals surface area contributed by atoms with Gasteiger partial charge in [-0.2, -0.15) is 10.2 Å². The van der Waals surface area contributed by atoms with E-state index in [-0.39, 0.29) is 17.3 Å². The first-order valence-corrected chi connectivity index (χ1v) is 12.6. The van der Waals surface area contributed by atoms with Crippen LogP contribution in [0, 0.1) is 16.0 Å². The van der Waals surface area contributed by atoms with Crippen LogP contribution in [0.3, 0.4) is 0 Å². The highest BCUT2D eigenvalue weighted by Crippen LogP contribution is 2.47. The molecule has 0 N–H and O–H groups in total. The quantitative estimate of drug-likeness (QED) is 0.313. The number of fused-ring (bicyclic) bond motifs is 1. The second-order valence-electron chi connectivity index (χ2n) is 9.21. The minimum absolute atomic E-state index is 0.114. The smallest absolute Gasteiger partial charge is 0.320 e. The zero-order valence-corrected chi connectivity index (χ0v) is 21.5. The average Bonchev–Trinajstić information content (AvgIpc) is 3.56. The second kappa shape index (κ2) is 10.5. The molecule has 1 aliphatic heterocycles. The summed E-state index contributed by atoms with van der Waals surface area (Å²) >= 11 is 0. The molecule has 3 aromatic rings. The van der Waals surface area contributed by atoms with Gasteiger partial charge in [0.05, 0.1) is 30.9 Å². The van der Waals surface area contributed by atoms with Crippen molar-refractivity contribution in [3.05, 3.63) is 87.2 Å². The van der Waals surface area contributed by atoms with Gasteiger partial charge in [0.15, 0.2) is 0 Å². The number of aryl methyl sites for hydroxylation is 1. The summed E-state index contributed by atoms with van der Waals surface area (Å²) in [5.41, 5.74) is 2.96. The van der Waals surface area contributed by atoms with Crippen LogP contribution in [0.4, 0.5) is 5.69 Å². The van der Waals surface area contributed by atoms with Crippen molar-refractivity contribution in [3.63, 3.8) is 0 Å². The Bertz CT molecular complexity index is 1440. The minimum atomic E-state index is -0.613. The summed E-state index contributed by atoms with van der Waals surface area (Å²) in [7, 11) is 3.22. The maximum Gasteiger partial charge on any atom is 0.320 e. The van der Waals surface area contributed by atoms with Gasteiger partial charge >= 0.3 is 11.6 Å². The number of aromatic nitrogens is 2. The van der Waals surface area contributed by atoms with Crippen molar-refractivity contribution in [1.82, 2.24) is 14.8 Å². The number of allylic oxidation sites excluding steroid dienone is 1. The number of rotatable bonds is 7. The molecular formula is C28H29N5O5. The van der Waals surface area contributed by atoms with Gasteiger partial charge in [-0.25, -0.2) is 5.01 Å². The zero-order chi connectivity index (χ0) is 26.8. The maximum absolute atomic E-state index is 14.0. The number of methoxy groups -OCH3 is 2. The number of nitrogens with zero attached hydrogens (tertiary/aromatic N) is 5. The first-order valence-electron chi connectivity index (χ1n) is 12.6. The summed E-state index contributed by atoms with van der Waals surface area (Å²) in [4.78, 5) is 25.2. The van der Waals surface area contributed by atoms with Gasteiger partial charge < -0.3 is 9.47 Å². The number of hydrazone groups is 1. The fourth-order valence-corrected chi connectivity index (χ4v) is 5.33. The third-order valence-corrected chi connectivity index (χ3v) is 7.10. The fourth-order valence-electron chi connectivity index (χ4n) is 5.33. The Hall–Kier alpha value is -4.47. The molecule has 1 aliphatic carbocycles. The topological polar surface area (TPSA) is 112 Å². The Morgan fingerprint density at radius 3 is 2.55 bits per heavy atom. The molecule has 2 heterocycles. The molecule has 0 saturated heterocycles. The number of hydrogen-bond donors (Lipinski definition) is 0. The lowest BCUT2D eigenvalue weighted by molar-refractivity contribution is -0.385. The van der Waals surface area contributed by atoms with Crippen LogP contribution in [0.15, 0.2) is 65.4 Å². The van der Waals surface area contributed by atoms with E-state index in [1.54, 1.807) is 14.2 Å². The molecule has 1 saturated carbocycles. The van der Waals surface area contributed by atoms with Crippen molar-refractivity contribution in [1.29, 1.82) is 0 Å². The summed E-state index contributed by atoms with van der Waals surface area (Å²) in [5, 5.41) is 22.3. The molecule has 5 rings (SSSR count). The number of nitro groups is 1. The highest BCUT2D eigenvalue weighted by Gasteiger charge is 2.46. The molecule has 1 fully saturated rings. The lowest BCUT2D eigenvalue weighted by Crippen LogP contribution is -2.32. The molecule has 10 nitrogen and oxygen atoms in total. The molecular weight excluding hydrogens is 486 g/mol. The Morgan fingerprint density at radius 2 is 1.84 bits per heavy atom. The molecule has 10 heteroatoms. The molecule has 38 heavy (non-hydrogen) atoms. The molecule has 2 aromatic carbocycles. The van der Waals surface area contributed by atoms with Crippen molar-refractivity contribution in [2.45, 2.75) is 38.8 Å². The minimum Gasteiger partial charge on any atom is -0.496 e. The maximum atomic E-state index is 14.0. The number of carbonyl (C=O) groups excluding carboxylic acids is 1. The van der Waals surface area contributed by atoms with Crippen LogP contribution in [-0.4, -0.2) is 45.6 Å². The van der Waals surface area contributed by atoms with E-state index in [4.69, 9.17) is 14.6 Å². The largest absolute Gasteiger partial charge is 0.496 e. The van der Waals surface area contributed by atoms with Crippen molar-refractivity contribution in [2.24, 2.45) is 11.0 Å².